The van der Waals surface area contributed by atoms with Gasteiger partial charge in [0, 0.05) is 17.0 Å². The van der Waals surface area contributed by atoms with Crippen molar-refractivity contribution in [3.05, 3.63) is 59.4 Å². The fourth-order valence-electron chi connectivity index (χ4n) is 4.35. The molecule has 0 bridgehead atoms. The Balaban J connectivity index is 1.66. The van der Waals surface area contributed by atoms with Gasteiger partial charge in [0.25, 0.3) is 0 Å². The van der Waals surface area contributed by atoms with Gasteiger partial charge in [-0.2, -0.15) is 5.09 Å². The van der Waals surface area contributed by atoms with Crippen LogP contribution in [0.25, 0.3) is 21.9 Å². The monoisotopic (exact) mass is 631 g/mol. The van der Waals surface area contributed by atoms with Crippen LogP contribution in [0, 0.1) is 5.41 Å². The van der Waals surface area contributed by atoms with Crippen LogP contribution in [0.3, 0.4) is 0 Å². The highest BCUT2D eigenvalue weighted by molar-refractivity contribution is 7.52. The predicted octanol–water partition coefficient (Wildman–Crippen LogP) is 6.52. The number of nitrogens with one attached hydrogen (secondary N) is 1. The summed E-state index contributed by atoms with van der Waals surface area (Å²) in [5.41, 5.74) is 8.08. The van der Waals surface area contributed by atoms with Gasteiger partial charge in [0.15, 0.2) is 5.82 Å². The van der Waals surface area contributed by atoms with E-state index in [1.165, 1.54) is 0 Å². The summed E-state index contributed by atoms with van der Waals surface area (Å²) in [4.78, 5) is 22.0. The number of anilines is 1. The summed E-state index contributed by atoms with van der Waals surface area (Å²) in [7, 11) is -4.16. The minimum atomic E-state index is -4.16. The van der Waals surface area contributed by atoms with E-state index in [-0.39, 0.29) is 30.9 Å². The highest BCUT2D eigenvalue weighted by Gasteiger charge is 2.35. The molecule has 0 aliphatic rings. The Bertz CT molecular complexity index is 1620. The van der Waals surface area contributed by atoms with Gasteiger partial charge in [0.1, 0.15) is 29.7 Å². The van der Waals surface area contributed by atoms with Gasteiger partial charge in [-0.25, -0.2) is 14.5 Å². The molecule has 2 aromatic heterocycles. The van der Waals surface area contributed by atoms with Crippen molar-refractivity contribution in [2.24, 2.45) is 5.41 Å². The topological polar surface area (TPSA) is 140 Å². The molecule has 11 nitrogen and oxygen atoms in total. The van der Waals surface area contributed by atoms with Crippen molar-refractivity contribution in [3.63, 3.8) is 0 Å². The molecule has 4 rings (SSSR count). The van der Waals surface area contributed by atoms with Gasteiger partial charge >= 0.3 is 13.7 Å². The Morgan fingerprint density at radius 1 is 1.12 bits per heavy atom. The second-order valence-electron chi connectivity index (χ2n) is 11.5. The van der Waals surface area contributed by atoms with Gasteiger partial charge in [0.2, 0.25) is 0 Å². The third kappa shape index (κ3) is 8.46. The molecule has 0 fully saturated rings. The lowest BCUT2D eigenvalue weighted by molar-refractivity contribution is -0.148. The summed E-state index contributed by atoms with van der Waals surface area (Å²) in [6.07, 6.45) is -0.700. The van der Waals surface area contributed by atoms with E-state index >= 15 is 0 Å². The van der Waals surface area contributed by atoms with Gasteiger partial charge in [-0.3, -0.25) is 9.32 Å². The van der Waals surface area contributed by atoms with Crippen LogP contribution in [0.15, 0.2) is 48.5 Å². The lowest BCUT2D eigenvalue weighted by Crippen LogP contribution is -2.37. The predicted molar refractivity (Wildman–Crippen MR) is 168 cm³/mol. The normalized spacial score (nSPS) is 14.9. The number of rotatable bonds is 13. The van der Waals surface area contributed by atoms with E-state index in [1.807, 2.05) is 56.5 Å². The fraction of sp³-hybridized carbons (Fsp3) is 0.433. The zero-order valence-corrected chi connectivity index (χ0v) is 26.9. The molecule has 3 atom stereocenters. The van der Waals surface area contributed by atoms with E-state index < -0.39 is 25.9 Å². The number of nitrogen functional groups attached to an aromatic ring is 1. The van der Waals surface area contributed by atoms with Crippen molar-refractivity contribution in [1.29, 1.82) is 0 Å². The second-order valence-corrected chi connectivity index (χ2v) is 13.5. The zero-order chi connectivity index (χ0) is 31.4. The summed E-state index contributed by atoms with van der Waals surface area (Å²) < 4.78 is 39.3. The number of carbonyl (C=O) groups excluding carboxylic acids is 1. The van der Waals surface area contributed by atoms with Crippen LogP contribution in [0.5, 0.6) is 5.75 Å². The van der Waals surface area contributed by atoms with Crippen molar-refractivity contribution in [2.75, 3.05) is 18.9 Å². The molecule has 0 unspecified atom stereocenters. The SMILES string of the molecule is CCOCc1nc2c(N)nc3ccccc3c2n1C[C@@H](C)O[P@](=O)(N[C@@H](C)C(=O)OCC(C)(C)C)Oc1ccc(Cl)cc1. The van der Waals surface area contributed by atoms with Gasteiger partial charge in [-0.05, 0) is 56.5 Å². The Labute approximate surface area is 256 Å². The maximum Gasteiger partial charge on any atom is 0.459 e. The molecule has 3 N–H and O–H groups in total. The largest absolute Gasteiger partial charge is 0.464 e. The minimum Gasteiger partial charge on any atom is -0.464 e. The number of hydrogen-bond acceptors (Lipinski definition) is 9. The summed E-state index contributed by atoms with van der Waals surface area (Å²) in [5.74, 6) is 0.565. The number of carbonyl (C=O) groups is 1. The standard InChI is InChI=1S/C30H39ClN5O6P/c1-7-39-17-25-34-26-27(23-10-8-9-11-24(23)33-28(26)32)36(25)16-19(2)41-43(38,42-22-14-12-21(31)13-15-22)35-20(3)29(37)40-18-30(4,5)6/h8-15,19-20H,7,16-18H2,1-6H3,(H2,32,33)(H,35,38)/t19-,20+,43-/m1/s1. The Kier molecular flexibility index (Phi) is 10.4. The lowest BCUT2D eigenvalue weighted by atomic mass is 9.99. The van der Waals surface area contributed by atoms with Crippen molar-refractivity contribution in [1.82, 2.24) is 19.6 Å². The molecular weight excluding hydrogens is 593 g/mol. The molecule has 0 radical (unpaired) electrons. The Morgan fingerprint density at radius 3 is 2.49 bits per heavy atom. The molecule has 43 heavy (non-hydrogen) atoms. The molecule has 0 saturated carbocycles. The molecule has 0 spiro atoms. The van der Waals surface area contributed by atoms with E-state index in [0.717, 1.165) is 10.9 Å². The number of hydrogen-bond donors (Lipinski definition) is 2. The average molecular weight is 632 g/mol. The number of esters is 1. The zero-order valence-electron chi connectivity index (χ0n) is 25.3. The van der Waals surface area contributed by atoms with Crippen LogP contribution in [0.1, 0.15) is 47.4 Å². The van der Waals surface area contributed by atoms with Crippen molar-refractivity contribution < 1.29 is 27.9 Å². The Hall–Kier alpha value is -3.21. The molecular formula is C30H39ClN5O6P. The van der Waals surface area contributed by atoms with E-state index in [0.29, 0.717) is 34.3 Å². The van der Waals surface area contributed by atoms with Crippen LogP contribution >= 0.6 is 19.3 Å². The van der Waals surface area contributed by atoms with E-state index in [1.54, 1.807) is 38.1 Å². The third-order valence-corrected chi connectivity index (χ3v) is 8.32. The van der Waals surface area contributed by atoms with Crippen LogP contribution in [0.4, 0.5) is 5.82 Å². The maximum atomic E-state index is 14.2. The molecule has 2 aromatic carbocycles. The maximum absolute atomic E-state index is 14.2. The van der Waals surface area contributed by atoms with Gasteiger partial charge in [-0.15, -0.1) is 0 Å². The number of ether oxygens (including phenoxy) is 2. The van der Waals surface area contributed by atoms with Crippen molar-refractivity contribution >= 4 is 53.1 Å². The van der Waals surface area contributed by atoms with Gasteiger partial charge < -0.3 is 24.3 Å². The number of pyridine rings is 1. The highest BCUT2D eigenvalue weighted by atomic mass is 35.5. The summed E-state index contributed by atoms with van der Waals surface area (Å²) >= 11 is 6.03. The van der Waals surface area contributed by atoms with Gasteiger partial charge in [0.05, 0.1) is 30.3 Å². The first-order valence-electron chi connectivity index (χ1n) is 14.1. The number of aromatic nitrogens is 3. The number of para-hydroxylation sites is 1. The number of benzene rings is 2. The van der Waals surface area contributed by atoms with Gasteiger partial charge in [-0.1, -0.05) is 50.6 Å². The number of imidazole rings is 1. The lowest BCUT2D eigenvalue weighted by Gasteiger charge is -2.27. The molecule has 232 valence electrons. The number of nitrogens with zero attached hydrogens (tertiary/aromatic N) is 3. The van der Waals surface area contributed by atoms with Crippen molar-refractivity contribution in [2.45, 2.75) is 66.8 Å². The first-order valence-corrected chi connectivity index (χ1v) is 16.0. The molecule has 0 aliphatic heterocycles. The van der Waals surface area contributed by atoms with Crippen LogP contribution in [-0.2, 0) is 36.5 Å². The number of nitrogens with two attached hydrogens (primary N) is 1. The number of halogens is 1. The van der Waals surface area contributed by atoms with Crippen LogP contribution in [0.2, 0.25) is 5.02 Å². The minimum absolute atomic E-state index is 0.194. The quantitative estimate of drug-likeness (QED) is 0.124. The summed E-state index contributed by atoms with van der Waals surface area (Å²) in [5, 5.41) is 4.09. The average Bonchev–Trinajstić information content (AvgIpc) is 3.29. The molecule has 4 aromatic rings. The third-order valence-electron chi connectivity index (χ3n) is 6.28. The molecule has 2 heterocycles. The van der Waals surface area contributed by atoms with Crippen molar-refractivity contribution in [3.8, 4) is 5.75 Å². The van der Waals surface area contributed by atoms with E-state index in [9.17, 15) is 9.36 Å². The van der Waals surface area contributed by atoms with Crippen LogP contribution < -0.4 is 15.3 Å². The van der Waals surface area contributed by atoms with E-state index in [2.05, 4.69) is 10.1 Å². The number of fused-ring (bicyclic) bond motifs is 3. The molecule has 0 aliphatic carbocycles. The summed E-state index contributed by atoms with van der Waals surface area (Å²) in [6, 6.07) is 13.0. The molecule has 0 amide bonds. The second kappa shape index (κ2) is 13.6. The van der Waals surface area contributed by atoms with E-state index in [4.69, 9.17) is 40.8 Å². The summed E-state index contributed by atoms with van der Waals surface area (Å²) in [6.45, 7) is 12.2. The fourth-order valence-corrected chi connectivity index (χ4v) is 6.15. The molecule has 13 heteroatoms. The van der Waals surface area contributed by atoms with Crippen LogP contribution in [-0.4, -0.2) is 45.9 Å². The first-order chi connectivity index (χ1) is 20.3. The highest BCUT2D eigenvalue weighted by Crippen LogP contribution is 2.46. The first kappa shape index (κ1) is 32.7. The Morgan fingerprint density at radius 2 is 1.81 bits per heavy atom. The molecule has 0 saturated heterocycles. The smallest absolute Gasteiger partial charge is 0.459 e.